The Morgan fingerprint density at radius 1 is 0.972 bits per heavy atom. The summed E-state index contributed by atoms with van der Waals surface area (Å²) in [6.45, 7) is 1.81. The first-order valence-corrected chi connectivity index (χ1v) is 10.6. The standard InChI is InChI=1S/C24H22N4O8/c1-3-36-19-10-8-18(9-11-19)26-22(30)15-4-6-17(7-5-15)25-21(29)14-27-13-16(24(32)35-2)12-20(23(27)31)28(33)34/h4-13H,3,14H2,1-2H3,(H,25,29)(H,26,30). The monoisotopic (exact) mass is 494 g/mol. The van der Waals surface area contributed by atoms with Crippen LogP contribution in [0.25, 0.3) is 0 Å². The molecule has 0 aliphatic rings. The Balaban J connectivity index is 1.67. The summed E-state index contributed by atoms with van der Waals surface area (Å²) in [6.07, 6.45) is 1.01. The van der Waals surface area contributed by atoms with Crippen LogP contribution < -0.4 is 20.9 Å². The maximum Gasteiger partial charge on any atom is 0.339 e. The molecule has 1 heterocycles. The lowest BCUT2D eigenvalue weighted by Crippen LogP contribution is -2.29. The molecule has 3 rings (SSSR count). The van der Waals surface area contributed by atoms with E-state index in [9.17, 15) is 29.3 Å². The minimum Gasteiger partial charge on any atom is -0.494 e. The van der Waals surface area contributed by atoms with Gasteiger partial charge in [-0.05, 0) is 55.5 Å². The summed E-state index contributed by atoms with van der Waals surface area (Å²) in [4.78, 5) is 59.2. The number of aromatic nitrogens is 1. The average molecular weight is 494 g/mol. The van der Waals surface area contributed by atoms with Gasteiger partial charge in [0.25, 0.3) is 5.91 Å². The minimum absolute atomic E-state index is 0.250. The van der Waals surface area contributed by atoms with Crippen molar-refractivity contribution in [3.05, 3.63) is 92.4 Å². The number of carbonyl (C=O) groups is 3. The molecular weight excluding hydrogens is 472 g/mol. The molecule has 1 aromatic heterocycles. The quantitative estimate of drug-likeness (QED) is 0.261. The Bertz CT molecular complexity index is 1350. The van der Waals surface area contributed by atoms with Crippen LogP contribution in [0.4, 0.5) is 17.1 Å². The lowest BCUT2D eigenvalue weighted by atomic mass is 10.2. The zero-order valence-electron chi connectivity index (χ0n) is 19.3. The molecule has 0 radical (unpaired) electrons. The fourth-order valence-corrected chi connectivity index (χ4v) is 3.16. The number of nitrogens with zero attached hydrogens (tertiary/aromatic N) is 2. The smallest absolute Gasteiger partial charge is 0.339 e. The molecule has 3 aromatic rings. The van der Waals surface area contributed by atoms with E-state index in [2.05, 4.69) is 15.4 Å². The van der Waals surface area contributed by atoms with Crippen LogP contribution in [-0.2, 0) is 16.1 Å². The maximum atomic E-state index is 12.5. The SMILES string of the molecule is CCOc1ccc(NC(=O)c2ccc(NC(=O)Cn3cc(C(=O)OC)cc([N+](=O)[O-])c3=O)cc2)cc1. The van der Waals surface area contributed by atoms with Crippen LogP contribution in [0.2, 0.25) is 0 Å². The Morgan fingerprint density at radius 2 is 1.58 bits per heavy atom. The van der Waals surface area contributed by atoms with E-state index < -0.39 is 34.6 Å². The van der Waals surface area contributed by atoms with Crippen LogP contribution >= 0.6 is 0 Å². The van der Waals surface area contributed by atoms with Gasteiger partial charge in [-0.3, -0.25) is 29.1 Å². The van der Waals surface area contributed by atoms with Gasteiger partial charge < -0.3 is 20.1 Å². The molecule has 0 saturated heterocycles. The highest BCUT2D eigenvalue weighted by Crippen LogP contribution is 2.17. The van der Waals surface area contributed by atoms with Crippen LogP contribution in [0.15, 0.2) is 65.6 Å². The van der Waals surface area contributed by atoms with Gasteiger partial charge in [-0.2, -0.15) is 0 Å². The highest BCUT2D eigenvalue weighted by atomic mass is 16.6. The third kappa shape index (κ3) is 6.32. The molecule has 0 spiro atoms. The largest absolute Gasteiger partial charge is 0.494 e. The molecule has 2 N–H and O–H groups in total. The molecule has 0 aliphatic heterocycles. The van der Waals surface area contributed by atoms with E-state index in [0.29, 0.717) is 29.3 Å². The molecule has 0 bridgehead atoms. The summed E-state index contributed by atoms with van der Waals surface area (Å²) in [7, 11) is 1.08. The van der Waals surface area contributed by atoms with Crippen molar-refractivity contribution in [2.45, 2.75) is 13.5 Å². The van der Waals surface area contributed by atoms with Crippen LogP contribution in [0.3, 0.4) is 0 Å². The highest BCUT2D eigenvalue weighted by Gasteiger charge is 2.21. The number of hydrogen-bond acceptors (Lipinski definition) is 8. The van der Waals surface area contributed by atoms with Gasteiger partial charge in [-0.25, -0.2) is 4.79 Å². The molecule has 0 atom stereocenters. The number of rotatable bonds is 9. The van der Waals surface area contributed by atoms with Crippen LogP contribution in [0.5, 0.6) is 5.75 Å². The molecule has 12 nitrogen and oxygen atoms in total. The summed E-state index contributed by atoms with van der Waals surface area (Å²) >= 11 is 0. The normalized spacial score (nSPS) is 10.3. The van der Waals surface area contributed by atoms with Crippen molar-refractivity contribution >= 4 is 34.8 Å². The van der Waals surface area contributed by atoms with Crippen molar-refractivity contribution in [2.24, 2.45) is 0 Å². The lowest BCUT2D eigenvalue weighted by Gasteiger charge is -2.10. The fraction of sp³-hybridized carbons (Fsp3) is 0.167. The number of pyridine rings is 1. The number of carbonyl (C=O) groups excluding carboxylic acids is 3. The number of benzene rings is 2. The van der Waals surface area contributed by atoms with Gasteiger partial charge in [0.15, 0.2) is 0 Å². The third-order valence-corrected chi connectivity index (χ3v) is 4.85. The Hall–Kier alpha value is -5.00. The van der Waals surface area contributed by atoms with E-state index in [1.807, 2.05) is 6.92 Å². The fourth-order valence-electron chi connectivity index (χ4n) is 3.16. The molecule has 36 heavy (non-hydrogen) atoms. The predicted molar refractivity (Wildman–Crippen MR) is 129 cm³/mol. The second kappa shape index (κ2) is 11.4. The van der Waals surface area contributed by atoms with Crippen molar-refractivity contribution in [2.75, 3.05) is 24.4 Å². The molecule has 0 aliphatic carbocycles. The number of hydrogen-bond donors (Lipinski definition) is 2. The van der Waals surface area contributed by atoms with Crippen LogP contribution in [0.1, 0.15) is 27.6 Å². The van der Waals surface area contributed by atoms with Gasteiger partial charge in [0, 0.05) is 29.2 Å². The maximum absolute atomic E-state index is 12.5. The Kier molecular flexibility index (Phi) is 8.13. The number of amides is 2. The molecule has 0 fully saturated rings. The van der Waals surface area contributed by atoms with Crippen molar-refractivity contribution in [1.29, 1.82) is 0 Å². The summed E-state index contributed by atoms with van der Waals surface area (Å²) in [5, 5.41) is 16.4. The molecule has 186 valence electrons. The zero-order valence-corrected chi connectivity index (χ0v) is 19.3. The summed E-state index contributed by atoms with van der Waals surface area (Å²) in [6, 6.07) is 13.6. The highest BCUT2D eigenvalue weighted by molar-refractivity contribution is 6.04. The molecular formula is C24H22N4O8. The number of nitrogens with one attached hydrogen (secondary N) is 2. The number of anilines is 2. The first kappa shape index (κ1) is 25.6. The van der Waals surface area contributed by atoms with Gasteiger partial charge in [-0.1, -0.05) is 0 Å². The average Bonchev–Trinajstić information content (AvgIpc) is 2.86. The van der Waals surface area contributed by atoms with Crippen molar-refractivity contribution in [3.63, 3.8) is 0 Å². The Morgan fingerprint density at radius 3 is 2.17 bits per heavy atom. The van der Waals surface area contributed by atoms with Crippen LogP contribution in [-0.4, -0.2) is 41.0 Å². The van der Waals surface area contributed by atoms with Gasteiger partial charge in [0.05, 0.1) is 24.2 Å². The lowest BCUT2D eigenvalue weighted by molar-refractivity contribution is -0.386. The van der Waals surface area contributed by atoms with E-state index in [1.54, 1.807) is 24.3 Å². The van der Waals surface area contributed by atoms with Gasteiger partial charge in [-0.15, -0.1) is 0 Å². The number of ether oxygens (including phenoxy) is 2. The van der Waals surface area contributed by atoms with Crippen LogP contribution in [0, 0.1) is 10.1 Å². The summed E-state index contributed by atoms with van der Waals surface area (Å²) in [5.41, 5.74) is -0.935. The van der Waals surface area contributed by atoms with Gasteiger partial charge >= 0.3 is 17.2 Å². The molecule has 0 saturated carbocycles. The minimum atomic E-state index is -1.05. The van der Waals surface area contributed by atoms with Crippen molar-refractivity contribution in [1.82, 2.24) is 4.57 Å². The second-order valence-electron chi connectivity index (χ2n) is 7.33. The summed E-state index contributed by atoms with van der Waals surface area (Å²) in [5.74, 6) is -1.26. The van der Waals surface area contributed by atoms with E-state index in [-0.39, 0.29) is 11.5 Å². The van der Waals surface area contributed by atoms with E-state index in [1.165, 1.54) is 24.3 Å². The molecule has 0 unspecified atom stereocenters. The predicted octanol–water partition coefficient (Wildman–Crippen LogP) is 2.83. The number of esters is 1. The topological polar surface area (TPSA) is 159 Å². The van der Waals surface area contributed by atoms with Gasteiger partial charge in [0.2, 0.25) is 5.91 Å². The molecule has 2 aromatic carbocycles. The number of nitro groups is 1. The molecule has 2 amide bonds. The van der Waals surface area contributed by atoms with Crippen molar-refractivity contribution in [3.8, 4) is 5.75 Å². The number of methoxy groups -OCH3 is 1. The second-order valence-corrected chi connectivity index (χ2v) is 7.33. The van der Waals surface area contributed by atoms with E-state index >= 15 is 0 Å². The third-order valence-electron chi connectivity index (χ3n) is 4.85. The van der Waals surface area contributed by atoms with E-state index in [0.717, 1.165) is 23.9 Å². The van der Waals surface area contributed by atoms with Gasteiger partial charge in [0.1, 0.15) is 12.3 Å². The first-order valence-electron chi connectivity index (χ1n) is 10.6. The zero-order chi connectivity index (χ0) is 26.2. The van der Waals surface area contributed by atoms with E-state index in [4.69, 9.17) is 4.74 Å². The Labute approximate surface area is 204 Å². The first-order chi connectivity index (χ1) is 17.2. The van der Waals surface area contributed by atoms with Crippen molar-refractivity contribution < 1.29 is 28.8 Å². The molecule has 12 heteroatoms. The summed E-state index contributed by atoms with van der Waals surface area (Å²) < 4.78 is 10.6.